The fourth-order valence-electron chi connectivity index (χ4n) is 2.33. The molecule has 5 nitrogen and oxygen atoms in total. The Labute approximate surface area is 110 Å². The maximum atomic E-state index is 13.9. The maximum Gasteiger partial charge on any atom is 0.240 e. The molecule has 0 amide bonds. The molecule has 1 aromatic carbocycles. The van der Waals surface area contributed by atoms with Crippen LogP contribution in [0.15, 0.2) is 24.4 Å². The number of nitrogens with two attached hydrogens (primary N) is 1. The molecular formula is C13H14FN5. The van der Waals surface area contributed by atoms with Gasteiger partial charge in [-0.1, -0.05) is 0 Å². The molecular weight excluding hydrogens is 245 g/mol. The quantitative estimate of drug-likeness (QED) is 0.891. The number of rotatable bonds is 2. The molecule has 2 N–H and O–H groups in total. The van der Waals surface area contributed by atoms with Crippen molar-refractivity contribution in [3.63, 3.8) is 0 Å². The van der Waals surface area contributed by atoms with E-state index < -0.39 is 0 Å². The van der Waals surface area contributed by atoms with E-state index in [1.54, 1.807) is 12.1 Å². The zero-order valence-electron chi connectivity index (χ0n) is 10.4. The summed E-state index contributed by atoms with van der Waals surface area (Å²) in [5.41, 5.74) is 7.31. The molecule has 1 saturated heterocycles. The third-order valence-electron chi connectivity index (χ3n) is 3.27. The van der Waals surface area contributed by atoms with E-state index in [-0.39, 0.29) is 11.8 Å². The molecule has 0 atom stereocenters. The summed E-state index contributed by atoms with van der Waals surface area (Å²) in [6, 6.07) is 5.05. The summed E-state index contributed by atoms with van der Waals surface area (Å²) in [5.74, 6) is -0.286. The Balaban J connectivity index is 2.02. The second kappa shape index (κ2) is 4.79. The molecule has 0 unspecified atom stereocenters. The van der Waals surface area contributed by atoms with Crippen LogP contribution in [0.5, 0.6) is 0 Å². The van der Waals surface area contributed by atoms with Gasteiger partial charge in [0.05, 0.1) is 11.9 Å². The van der Waals surface area contributed by atoms with Gasteiger partial charge in [0.1, 0.15) is 5.82 Å². The highest BCUT2D eigenvalue weighted by Gasteiger charge is 2.15. The SMILES string of the molecule is Nc1nncc(-c2cc(N3CCCC3)ccc2F)n1. The number of aromatic nitrogens is 3. The minimum Gasteiger partial charge on any atom is -0.372 e. The highest BCUT2D eigenvalue weighted by Crippen LogP contribution is 2.28. The van der Waals surface area contributed by atoms with Gasteiger partial charge >= 0.3 is 0 Å². The van der Waals surface area contributed by atoms with Crippen LogP contribution in [0.2, 0.25) is 0 Å². The summed E-state index contributed by atoms with van der Waals surface area (Å²) in [7, 11) is 0. The van der Waals surface area contributed by atoms with E-state index in [1.807, 2.05) is 0 Å². The Bertz CT molecular complexity index is 595. The van der Waals surface area contributed by atoms with Crippen LogP contribution >= 0.6 is 0 Å². The topological polar surface area (TPSA) is 67.9 Å². The van der Waals surface area contributed by atoms with Gasteiger partial charge in [0.25, 0.3) is 0 Å². The highest BCUT2D eigenvalue weighted by atomic mass is 19.1. The van der Waals surface area contributed by atoms with Crippen LogP contribution in [-0.2, 0) is 0 Å². The standard InChI is InChI=1S/C13H14FN5/c14-11-4-3-9(19-5-1-2-6-19)7-10(11)12-8-16-18-13(15)17-12/h3-4,7-8H,1-2,5-6H2,(H2,15,17,18). The van der Waals surface area contributed by atoms with Gasteiger partial charge in [0.15, 0.2) is 0 Å². The summed E-state index contributed by atoms with van der Waals surface area (Å²) in [5, 5.41) is 7.29. The molecule has 1 aliphatic rings. The van der Waals surface area contributed by atoms with Gasteiger partial charge in [0, 0.05) is 24.3 Å². The normalized spacial score (nSPS) is 14.9. The third kappa shape index (κ3) is 2.33. The van der Waals surface area contributed by atoms with E-state index in [2.05, 4.69) is 20.1 Å². The van der Waals surface area contributed by atoms with Crippen molar-refractivity contribution in [2.45, 2.75) is 12.8 Å². The maximum absolute atomic E-state index is 13.9. The van der Waals surface area contributed by atoms with Crippen LogP contribution in [0.3, 0.4) is 0 Å². The molecule has 1 aliphatic heterocycles. The van der Waals surface area contributed by atoms with Crippen molar-refractivity contribution in [1.82, 2.24) is 15.2 Å². The molecule has 1 fully saturated rings. The Morgan fingerprint density at radius 1 is 1.21 bits per heavy atom. The van der Waals surface area contributed by atoms with Crippen molar-refractivity contribution in [3.05, 3.63) is 30.2 Å². The predicted molar refractivity (Wildman–Crippen MR) is 71.1 cm³/mol. The van der Waals surface area contributed by atoms with Gasteiger partial charge in [-0.25, -0.2) is 9.37 Å². The van der Waals surface area contributed by atoms with Crippen molar-refractivity contribution in [3.8, 4) is 11.3 Å². The van der Waals surface area contributed by atoms with E-state index >= 15 is 0 Å². The van der Waals surface area contributed by atoms with E-state index in [4.69, 9.17) is 5.73 Å². The second-order valence-electron chi connectivity index (χ2n) is 4.56. The summed E-state index contributed by atoms with van der Waals surface area (Å²) < 4.78 is 13.9. The molecule has 1 aromatic heterocycles. The number of hydrogen-bond donors (Lipinski definition) is 1. The van der Waals surface area contributed by atoms with E-state index in [1.165, 1.54) is 25.1 Å². The fourth-order valence-corrected chi connectivity index (χ4v) is 2.33. The Hall–Kier alpha value is -2.24. The first kappa shape index (κ1) is 11.8. The van der Waals surface area contributed by atoms with E-state index in [0.717, 1.165) is 18.8 Å². The molecule has 98 valence electrons. The predicted octanol–water partition coefficient (Wildman–Crippen LogP) is 1.86. The first-order valence-electron chi connectivity index (χ1n) is 6.24. The molecule has 0 radical (unpaired) electrons. The first-order chi connectivity index (χ1) is 9.24. The second-order valence-corrected chi connectivity index (χ2v) is 4.56. The molecule has 3 rings (SSSR count). The summed E-state index contributed by atoms with van der Waals surface area (Å²) in [6.07, 6.45) is 3.77. The van der Waals surface area contributed by atoms with Crippen LogP contribution in [0, 0.1) is 5.82 Å². The van der Waals surface area contributed by atoms with Gasteiger partial charge < -0.3 is 10.6 Å². The number of nitrogen functional groups attached to an aromatic ring is 1. The van der Waals surface area contributed by atoms with Crippen LogP contribution < -0.4 is 10.6 Å². The average Bonchev–Trinajstić information content (AvgIpc) is 2.93. The number of hydrogen-bond acceptors (Lipinski definition) is 5. The molecule has 2 aromatic rings. The Morgan fingerprint density at radius 3 is 2.74 bits per heavy atom. The molecule has 0 aliphatic carbocycles. The van der Waals surface area contributed by atoms with Crippen molar-refractivity contribution >= 4 is 11.6 Å². The molecule has 2 heterocycles. The average molecular weight is 259 g/mol. The number of anilines is 2. The lowest BCUT2D eigenvalue weighted by Crippen LogP contribution is -2.17. The highest BCUT2D eigenvalue weighted by molar-refractivity contribution is 5.66. The molecule has 0 bridgehead atoms. The van der Waals surface area contributed by atoms with E-state index in [0.29, 0.717) is 11.3 Å². The van der Waals surface area contributed by atoms with Crippen molar-refractivity contribution in [1.29, 1.82) is 0 Å². The lowest BCUT2D eigenvalue weighted by atomic mass is 10.1. The van der Waals surface area contributed by atoms with E-state index in [9.17, 15) is 4.39 Å². The fraction of sp³-hybridized carbons (Fsp3) is 0.308. The monoisotopic (exact) mass is 259 g/mol. The van der Waals surface area contributed by atoms with Gasteiger partial charge in [-0.2, -0.15) is 5.10 Å². The Morgan fingerprint density at radius 2 is 2.00 bits per heavy atom. The number of halogens is 1. The van der Waals surface area contributed by atoms with Crippen LogP contribution in [-0.4, -0.2) is 28.3 Å². The van der Waals surface area contributed by atoms with Gasteiger partial charge in [-0.3, -0.25) is 0 Å². The van der Waals surface area contributed by atoms with Gasteiger partial charge in [-0.15, -0.1) is 5.10 Å². The van der Waals surface area contributed by atoms with Crippen molar-refractivity contribution in [2.24, 2.45) is 0 Å². The van der Waals surface area contributed by atoms with Crippen molar-refractivity contribution in [2.75, 3.05) is 23.7 Å². The smallest absolute Gasteiger partial charge is 0.240 e. The molecule has 0 spiro atoms. The lowest BCUT2D eigenvalue weighted by Gasteiger charge is -2.18. The first-order valence-corrected chi connectivity index (χ1v) is 6.24. The summed E-state index contributed by atoms with van der Waals surface area (Å²) in [6.45, 7) is 2.02. The largest absolute Gasteiger partial charge is 0.372 e. The molecule has 0 saturated carbocycles. The van der Waals surface area contributed by atoms with Crippen molar-refractivity contribution < 1.29 is 4.39 Å². The zero-order valence-corrected chi connectivity index (χ0v) is 10.4. The summed E-state index contributed by atoms with van der Waals surface area (Å²) in [4.78, 5) is 6.25. The molecule has 6 heteroatoms. The van der Waals surface area contributed by atoms with Gasteiger partial charge in [-0.05, 0) is 31.0 Å². The Kier molecular flexibility index (Phi) is 2.98. The van der Waals surface area contributed by atoms with Crippen LogP contribution in [0.1, 0.15) is 12.8 Å². The minimum absolute atomic E-state index is 0.0449. The number of benzene rings is 1. The lowest BCUT2D eigenvalue weighted by molar-refractivity contribution is 0.630. The molecule has 19 heavy (non-hydrogen) atoms. The summed E-state index contributed by atoms with van der Waals surface area (Å²) >= 11 is 0. The van der Waals surface area contributed by atoms with Gasteiger partial charge in [0.2, 0.25) is 5.95 Å². The zero-order chi connectivity index (χ0) is 13.2. The number of nitrogens with zero attached hydrogens (tertiary/aromatic N) is 4. The minimum atomic E-state index is -0.331. The van der Waals surface area contributed by atoms with Crippen LogP contribution in [0.25, 0.3) is 11.3 Å². The third-order valence-corrected chi connectivity index (χ3v) is 3.27. The van der Waals surface area contributed by atoms with Crippen LogP contribution in [0.4, 0.5) is 16.0 Å².